The minimum Gasteiger partial charge on any atom is -0.593 e. The van der Waals surface area contributed by atoms with Gasteiger partial charge in [0, 0.05) is 28.3 Å². The molecule has 10 nitrogen and oxygen atoms in total. The molecule has 0 aliphatic heterocycles. The van der Waals surface area contributed by atoms with Crippen molar-refractivity contribution >= 4 is 62.4 Å². The first-order chi connectivity index (χ1) is 24.0. The summed E-state index contributed by atoms with van der Waals surface area (Å²) in [5, 5.41) is 24.2. The topological polar surface area (TPSA) is 159 Å². The lowest BCUT2D eigenvalue weighted by Crippen LogP contribution is -2.42. The van der Waals surface area contributed by atoms with Crippen molar-refractivity contribution in [3.05, 3.63) is 123 Å². The maximum atomic E-state index is 13.6. The van der Waals surface area contributed by atoms with Crippen molar-refractivity contribution in [2.24, 2.45) is 5.92 Å². The van der Waals surface area contributed by atoms with Gasteiger partial charge >= 0.3 is 11.9 Å². The highest BCUT2D eigenvalue weighted by molar-refractivity contribution is 9.10. The van der Waals surface area contributed by atoms with Gasteiger partial charge < -0.3 is 25.4 Å². The maximum absolute atomic E-state index is 13.6. The minimum absolute atomic E-state index is 0.0149. The van der Waals surface area contributed by atoms with E-state index in [1.165, 1.54) is 0 Å². The molecule has 4 aromatic carbocycles. The molecule has 2 amide bonds. The monoisotopic (exact) mass is 759 g/mol. The van der Waals surface area contributed by atoms with Gasteiger partial charge in [-0.2, -0.15) is 0 Å². The zero-order valence-corrected chi connectivity index (χ0v) is 29.8. The van der Waals surface area contributed by atoms with Gasteiger partial charge in [0.1, 0.15) is 0 Å². The van der Waals surface area contributed by atoms with Gasteiger partial charge in [-0.3, -0.25) is 14.4 Å². The number of carboxylic acids is 2. The van der Waals surface area contributed by atoms with Gasteiger partial charge in [0.25, 0.3) is 11.8 Å². The average molecular weight is 761 g/mol. The molecule has 0 aromatic heterocycles. The van der Waals surface area contributed by atoms with E-state index in [0.717, 1.165) is 24.0 Å². The average Bonchev–Trinajstić information content (AvgIpc) is 3.12. The summed E-state index contributed by atoms with van der Waals surface area (Å²) in [6, 6.07) is 25.8. The van der Waals surface area contributed by atoms with Crippen molar-refractivity contribution in [1.29, 1.82) is 0 Å². The Morgan fingerprint density at radius 1 is 0.800 bits per heavy atom. The fourth-order valence-electron chi connectivity index (χ4n) is 6.07. The summed E-state index contributed by atoms with van der Waals surface area (Å²) in [6.07, 6.45) is 3.83. The summed E-state index contributed by atoms with van der Waals surface area (Å²) in [6.45, 7) is 2.43. The number of carbonyl (C=O) groups excluding carboxylic acids is 2. The van der Waals surface area contributed by atoms with E-state index >= 15 is 0 Å². The zero-order chi connectivity index (χ0) is 35.8. The molecule has 1 saturated carbocycles. The summed E-state index contributed by atoms with van der Waals surface area (Å²) in [5.74, 6) is -3.00. The SMILES string of the molecule is CCN(C1CCC(C(=O)O)CC1)[S+]([O-])c1cccc(C(=O)Nc2ccc(Br)cc2C(=O)Nc2ccc(CCc3ccc(C(=O)O)cc3)cc2)c1. The van der Waals surface area contributed by atoms with E-state index in [2.05, 4.69) is 26.6 Å². The summed E-state index contributed by atoms with van der Waals surface area (Å²) >= 11 is 1.87. The Balaban J connectivity index is 1.22. The van der Waals surface area contributed by atoms with Crippen molar-refractivity contribution in [1.82, 2.24) is 4.31 Å². The molecule has 5 rings (SSSR count). The van der Waals surface area contributed by atoms with E-state index in [1.54, 1.807) is 66.7 Å². The number of carboxylic acid groups (broad SMARTS) is 2. The maximum Gasteiger partial charge on any atom is 0.335 e. The molecule has 1 unspecified atom stereocenters. The number of carbonyl (C=O) groups is 4. The van der Waals surface area contributed by atoms with Gasteiger partial charge in [0.15, 0.2) is 4.90 Å². The molecule has 260 valence electrons. The molecule has 0 spiro atoms. The van der Waals surface area contributed by atoms with Crippen LogP contribution in [0.15, 0.2) is 100 Å². The number of aliphatic carboxylic acids is 1. The molecule has 50 heavy (non-hydrogen) atoms. The first kappa shape index (κ1) is 36.8. The van der Waals surface area contributed by atoms with Crippen LogP contribution in [-0.2, 0) is 29.0 Å². The van der Waals surface area contributed by atoms with Gasteiger partial charge in [-0.1, -0.05) is 46.3 Å². The highest BCUT2D eigenvalue weighted by atomic mass is 79.9. The third-order valence-corrected chi connectivity index (χ3v) is 11.0. The molecule has 0 heterocycles. The number of aryl methyl sites for hydroxylation is 2. The molecule has 1 aliphatic carbocycles. The van der Waals surface area contributed by atoms with Gasteiger partial charge in [-0.25, -0.2) is 4.79 Å². The van der Waals surface area contributed by atoms with Crippen LogP contribution in [-0.4, -0.2) is 55.4 Å². The predicted molar refractivity (Wildman–Crippen MR) is 196 cm³/mol. The number of hydrogen-bond donors (Lipinski definition) is 4. The first-order valence-electron chi connectivity index (χ1n) is 16.4. The van der Waals surface area contributed by atoms with Crippen LogP contribution >= 0.6 is 15.9 Å². The smallest absolute Gasteiger partial charge is 0.335 e. The van der Waals surface area contributed by atoms with Gasteiger partial charge in [0.2, 0.25) is 0 Å². The van der Waals surface area contributed by atoms with Crippen molar-refractivity contribution in [3.8, 4) is 0 Å². The Bertz CT molecular complexity index is 1840. The van der Waals surface area contributed by atoms with Gasteiger partial charge in [0.05, 0.1) is 40.1 Å². The number of amides is 2. The Labute approximate surface area is 302 Å². The van der Waals surface area contributed by atoms with Crippen LogP contribution < -0.4 is 10.6 Å². The number of halogens is 1. The molecule has 12 heteroatoms. The third-order valence-electron chi connectivity index (χ3n) is 8.87. The lowest BCUT2D eigenvalue weighted by Gasteiger charge is -2.34. The van der Waals surface area contributed by atoms with Crippen LogP contribution in [0.2, 0.25) is 0 Å². The molecule has 4 aromatic rings. The molecular formula is C38H38BrN3O7S. The first-order valence-corrected chi connectivity index (χ1v) is 18.3. The molecule has 1 fully saturated rings. The number of benzene rings is 4. The van der Waals surface area contributed by atoms with E-state index in [0.29, 0.717) is 53.0 Å². The number of anilines is 2. The van der Waals surface area contributed by atoms with Gasteiger partial charge in [-0.05, 0) is 111 Å². The van der Waals surface area contributed by atoms with E-state index in [9.17, 15) is 28.8 Å². The normalized spacial score (nSPS) is 16.4. The highest BCUT2D eigenvalue weighted by Crippen LogP contribution is 2.31. The Kier molecular flexibility index (Phi) is 12.5. The largest absolute Gasteiger partial charge is 0.593 e. The van der Waals surface area contributed by atoms with E-state index < -0.39 is 35.1 Å². The predicted octanol–water partition coefficient (Wildman–Crippen LogP) is 7.43. The van der Waals surface area contributed by atoms with Crippen LogP contribution in [0, 0.1) is 5.92 Å². The molecular weight excluding hydrogens is 722 g/mol. The second-order valence-electron chi connectivity index (χ2n) is 12.2. The summed E-state index contributed by atoms with van der Waals surface area (Å²) in [7, 11) is 0. The van der Waals surface area contributed by atoms with Crippen molar-refractivity contribution < 1.29 is 33.9 Å². The van der Waals surface area contributed by atoms with Crippen molar-refractivity contribution in [2.75, 3.05) is 17.2 Å². The Morgan fingerprint density at radius 2 is 1.44 bits per heavy atom. The highest BCUT2D eigenvalue weighted by Gasteiger charge is 2.35. The second kappa shape index (κ2) is 16.9. The zero-order valence-electron chi connectivity index (χ0n) is 27.4. The van der Waals surface area contributed by atoms with Crippen LogP contribution in [0.4, 0.5) is 11.4 Å². The quantitative estimate of drug-likeness (QED) is 0.103. The molecule has 0 saturated heterocycles. The lowest BCUT2D eigenvalue weighted by atomic mass is 9.86. The Morgan fingerprint density at radius 3 is 2.04 bits per heavy atom. The minimum atomic E-state index is -1.55. The third kappa shape index (κ3) is 9.39. The van der Waals surface area contributed by atoms with Crippen molar-refractivity contribution in [3.63, 3.8) is 0 Å². The summed E-state index contributed by atoms with van der Waals surface area (Å²) < 4.78 is 16.2. The van der Waals surface area contributed by atoms with Crippen LogP contribution in [0.25, 0.3) is 0 Å². The van der Waals surface area contributed by atoms with Gasteiger partial charge in [-0.15, -0.1) is 4.31 Å². The molecule has 1 aliphatic rings. The number of nitrogens with one attached hydrogen (secondary N) is 2. The number of nitrogens with zero attached hydrogens (tertiary/aromatic N) is 1. The van der Waals surface area contributed by atoms with E-state index in [4.69, 9.17) is 5.11 Å². The summed E-state index contributed by atoms with van der Waals surface area (Å²) in [5.41, 5.74) is 3.73. The van der Waals surface area contributed by atoms with E-state index in [1.807, 2.05) is 35.5 Å². The van der Waals surface area contributed by atoms with Crippen LogP contribution in [0.1, 0.15) is 74.8 Å². The number of hydrogen-bond acceptors (Lipinski definition) is 6. The Hall–Kier alpha value is -4.49. The molecule has 1 atom stereocenters. The second-order valence-corrected chi connectivity index (χ2v) is 14.5. The standard InChI is InChI=1S/C38H38BrN3O7S/c1-2-42(31-19-14-27(15-20-31)38(47)48)50(49)32-5-3-4-28(22-32)35(43)41-34-21-16-29(39)23-33(34)36(44)40-30-17-10-25(11-18-30)7-6-24-8-12-26(13-9-24)37(45)46/h3-5,8-13,16-18,21-23,27,31H,2,6-7,14-15,19-20H2,1H3,(H,40,44)(H,41,43)(H,45,46)(H,47,48). The summed E-state index contributed by atoms with van der Waals surface area (Å²) in [4.78, 5) is 49.8. The molecule has 4 N–H and O–H groups in total. The molecule has 0 bridgehead atoms. The van der Waals surface area contributed by atoms with E-state index in [-0.39, 0.29) is 28.7 Å². The molecule has 0 radical (unpaired) electrons. The number of aromatic carboxylic acids is 1. The van der Waals surface area contributed by atoms with Crippen LogP contribution in [0.5, 0.6) is 0 Å². The number of rotatable bonds is 13. The fraction of sp³-hybridized carbons (Fsp3) is 0.263. The van der Waals surface area contributed by atoms with Crippen molar-refractivity contribution in [2.45, 2.75) is 56.4 Å². The lowest BCUT2D eigenvalue weighted by molar-refractivity contribution is -0.143. The van der Waals surface area contributed by atoms with Crippen LogP contribution in [0.3, 0.4) is 0 Å². The fourth-order valence-corrected chi connectivity index (χ4v) is 7.84.